The van der Waals surface area contributed by atoms with Gasteiger partial charge < -0.3 is 11.1 Å². The van der Waals surface area contributed by atoms with Gasteiger partial charge in [0.1, 0.15) is 4.99 Å². The Morgan fingerprint density at radius 3 is 2.89 bits per heavy atom. The smallest absolute Gasteiger partial charge is 0.106 e. The average Bonchev–Trinajstić information content (AvgIpc) is 2.79. The van der Waals surface area contributed by atoms with Gasteiger partial charge in [0.15, 0.2) is 0 Å². The highest BCUT2D eigenvalue weighted by atomic mass is 32.1. The molecule has 0 saturated heterocycles. The second kappa shape index (κ2) is 5.18. The third-order valence-electron chi connectivity index (χ3n) is 2.76. The molecule has 2 rings (SSSR count). The fraction of sp³-hybridized carbons (Fsp3) is 0.231. The van der Waals surface area contributed by atoms with Gasteiger partial charge in [0, 0.05) is 18.3 Å². The van der Waals surface area contributed by atoms with Gasteiger partial charge in [-0.25, -0.2) is 0 Å². The van der Waals surface area contributed by atoms with Crippen LogP contribution in [0.25, 0.3) is 0 Å². The molecule has 0 spiro atoms. The minimum Gasteiger partial charge on any atom is -0.389 e. The summed E-state index contributed by atoms with van der Waals surface area (Å²) in [6.07, 6.45) is 3.75. The maximum Gasteiger partial charge on any atom is 0.106 e. The van der Waals surface area contributed by atoms with Crippen LogP contribution >= 0.6 is 12.2 Å². The van der Waals surface area contributed by atoms with Crippen molar-refractivity contribution in [1.82, 2.24) is 9.78 Å². The number of para-hydroxylation sites is 1. The van der Waals surface area contributed by atoms with E-state index in [4.69, 9.17) is 18.0 Å². The van der Waals surface area contributed by atoms with Gasteiger partial charge in [0.25, 0.3) is 0 Å². The van der Waals surface area contributed by atoms with Crippen molar-refractivity contribution < 1.29 is 0 Å². The molecule has 1 heterocycles. The van der Waals surface area contributed by atoms with E-state index < -0.39 is 0 Å². The summed E-state index contributed by atoms with van der Waals surface area (Å²) in [7, 11) is 0. The molecule has 1 aromatic carbocycles. The molecule has 0 fully saturated rings. The molecule has 0 amide bonds. The summed E-state index contributed by atoms with van der Waals surface area (Å²) in [6.45, 7) is 4.91. The third kappa shape index (κ3) is 2.51. The van der Waals surface area contributed by atoms with E-state index in [-0.39, 0.29) is 0 Å². The lowest BCUT2D eigenvalue weighted by Gasteiger charge is -2.12. The topological polar surface area (TPSA) is 55.9 Å². The molecular formula is C13H16N4S. The zero-order valence-electron chi connectivity index (χ0n) is 10.5. The number of nitrogens with one attached hydrogen (secondary N) is 1. The molecule has 1 aromatic heterocycles. The molecule has 0 saturated carbocycles. The second-order valence-corrected chi connectivity index (χ2v) is 4.51. The van der Waals surface area contributed by atoms with Crippen LogP contribution in [0.2, 0.25) is 0 Å². The molecule has 94 valence electrons. The van der Waals surface area contributed by atoms with E-state index in [0.717, 1.165) is 29.0 Å². The van der Waals surface area contributed by atoms with Gasteiger partial charge >= 0.3 is 0 Å². The normalized spacial score (nSPS) is 10.3. The summed E-state index contributed by atoms with van der Waals surface area (Å²) in [5.74, 6) is 0. The van der Waals surface area contributed by atoms with Crippen LogP contribution in [0.4, 0.5) is 11.4 Å². The first kappa shape index (κ1) is 12.6. The predicted molar refractivity (Wildman–Crippen MR) is 78.3 cm³/mol. The fourth-order valence-electron chi connectivity index (χ4n) is 1.78. The van der Waals surface area contributed by atoms with Gasteiger partial charge in [-0.3, -0.25) is 4.68 Å². The highest BCUT2D eigenvalue weighted by Crippen LogP contribution is 2.24. The molecule has 0 atom stereocenters. The maximum absolute atomic E-state index is 5.74. The summed E-state index contributed by atoms with van der Waals surface area (Å²) in [6, 6.07) is 5.89. The van der Waals surface area contributed by atoms with Crippen LogP contribution in [0.1, 0.15) is 18.1 Å². The fourth-order valence-corrected chi connectivity index (χ4v) is 1.95. The number of nitrogens with two attached hydrogens (primary N) is 1. The summed E-state index contributed by atoms with van der Waals surface area (Å²) in [5.41, 5.74) is 9.58. The molecule has 0 aliphatic carbocycles. The van der Waals surface area contributed by atoms with Gasteiger partial charge in [0.2, 0.25) is 0 Å². The quantitative estimate of drug-likeness (QED) is 0.830. The van der Waals surface area contributed by atoms with Crippen molar-refractivity contribution >= 4 is 28.6 Å². The monoisotopic (exact) mass is 260 g/mol. The van der Waals surface area contributed by atoms with Crippen molar-refractivity contribution in [2.45, 2.75) is 20.4 Å². The molecule has 2 aromatic rings. The van der Waals surface area contributed by atoms with Crippen LogP contribution in [0.5, 0.6) is 0 Å². The van der Waals surface area contributed by atoms with Crippen LogP contribution in [-0.4, -0.2) is 14.8 Å². The molecule has 0 aliphatic rings. The van der Waals surface area contributed by atoms with E-state index in [9.17, 15) is 0 Å². The Bertz CT molecular complexity index is 574. The number of thiocarbonyl (C=S) groups is 1. The Hall–Kier alpha value is -1.88. The zero-order chi connectivity index (χ0) is 13.1. The zero-order valence-corrected chi connectivity index (χ0v) is 11.3. The molecule has 0 unspecified atom stereocenters. The second-order valence-electron chi connectivity index (χ2n) is 4.07. The number of nitrogens with zero attached hydrogens (tertiary/aromatic N) is 2. The largest absolute Gasteiger partial charge is 0.389 e. The minimum absolute atomic E-state index is 0.393. The van der Waals surface area contributed by atoms with Gasteiger partial charge in [-0.15, -0.1) is 0 Å². The Kier molecular flexibility index (Phi) is 3.62. The lowest BCUT2D eigenvalue weighted by molar-refractivity contribution is 0.660. The maximum atomic E-state index is 5.74. The summed E-state index contributed by atoms with van der Waals surface area (Å²) in [5, 5.41) is 7.55. The highest BCUT2D eigenvalue weighted by molar-refractivity contribution is 7.80. The van der Waals surface area contributed by atoms with Crippen molar-refractivity contribution in [3.05, 3.63) is 41.7 Å². The molecular weight excluding hydrogens is 244 g/mol. The van der Waals surface area contributed by atoms with Gasteiger partial charge in [-0.05, 0) is 25.5 Å². The molecule has 0 aliphatic heterocycles. The number of hydrogen-bond donors (Lipinski definition) is 2. The molecule has 5 heteroatoms. The number of anilines is 2. The van der Waals surface area contributed by atoms with E-state index in [0.29, 0.717) is 4.99 Å². The van der Waals surface area contributed by atoms with Crippen molar-refractivity contribution in [3.63, 3.8) is 0 Å². The lowest BCUT2D eigenvalue weighted by atomic mass is 10.1. The van der Waals surface area contributed by atoms with E-state index in [2.05, 4.69) is 10.4 Å². The Labute approximate surface area is 112 Å². The minimum atomic E-state index is 0.393. The van der Waals surface area contributed by atoms with E-state index in [1.807, 2.05) is 42.9 Å². The summed E-state index contributed by atoms with van der Waals surface area (Å²) < 4.78 is 1.86. The first-order valence-electron chi connectivity index (χ1n) is 5.80. The highest BCUT2D eigenvalue weighted by Gasteiger charge is 2.08. The van der Waals surface area contributed by atoms with Crippen molar-refractivity contribution in [2.75, 3.05) is 5.32 Å². The third-order valence-corrected chi connectivity index (χ3v) is 2.98. The van der Waals surface area contributed by atoms with Gasteiger partial charge in [-0.1, -0.05) is 24.4 Å². The van der Waals surface area contributed by atoms with Gasteiger partial charge in [-0.2, -0.15) is 5.10 Å². The molecule has 4 nitrogen and oxygen atoms in total. The van der Waals surface area contributed by atoms with Gasteiger partial charge in [0.05, 0.1) is 17.6 Å². The number of aromatic nitrogens is 2. The first-order valence-corrected chi connectivity index (χ1v) is 6.21. The van der Waals surface area contributed by atoms with Crippen LogP contribution in [0.15, 0.2) is 30.6 Å². The van der Waals surface area contributed by atoms with Crippen LogP contribution < -0.4 is 11.1 Å². The van der Waals surface area contributed by atoms with Crippen molar-refractivity contribution in [1.29, 1.82) is 0 Å². The van der Waals surface area contributed by atoms with Crippen LogP contribution in [0, 0.1) is 6.92 Å². The van der Waals surface area contributed by atoms with E-state index >= 15 is 0 Å². The van der Waals surface area contributed by atoms with Crippen LogP contribution in [0.3, 0.4) is 0 Å². The molecule has 0 radical (unpaired) electrons. The van der Waals surface area contributed by atoms with Crippen LogP contribution in [-0.2, 0) is 6.54 Å². The SMILES string of the molecule is CCn1cc(Nc2c(C)cccc2C(N)=S)cn1. The Morgan fingerprint density at radius 1 is 1.50 bits per heavy atom. The number of aryl methyl sites for hydroxylation is 2. The van der Waals surface area contributed by atoms with E-state index in [1.165, 1.54) is 0 Å². The standard InChI is InChI=1S/C13H16N4S/c1-3-17-8-10(7-15-17)16-12-9(2)5-4-6-11(12)13(14)18/h4-8,16H,3H2,1-2H3,(H2,14,18). The first-order chi connectivity index (χ1) is 8.61. The van der Waals surface area contributed by atoms with Crippen molar-refractivity contribution in [2.24, 2.45) is 5.73 Å². The number of rotatable bonds is 4. The lowest BCUT2D eigenvalue weighted by Crippen LogP contribution is -2.12. The Morgan fingerprint density at radius 2 is 2.28 bits per heavy atom. The predicted octanol–water partition coefficient (Wildman–Crippen LogP) is 2.59. The molecule has 0 bridgehead atoms. The Balaban J connectivity index is 2.36. The molecule has 3 N–H and O–H groups in total. The number of benzene rings is 1. The average molecular weight is 260 g/mol. The molecule has 18 heavy (non-hydrogen) atoms. The summed E-state index contributed by atoms with van der Waals surface area (Å²) >= 11 is 5.07. The number of hydrogen-bond acceptors (Lipinski definition) is 3. The van der Waals surface area contributed by atoms with Crippen molar-refractivity contribution in [3.8, 4) is 0 Å². The van der Waals surface area contributed by atoms with E-state index in [1.54, 1.807) is 6.20 Å². The summed E-state index contributed by atoms with van der Waals surface area (Å²) in [4.78, 5) is 0.393.